The average Bonchev–Trinajstić information content (AvgIpc) is 2.50. The zero-order chi connectivity index (χ0) is 17.0. The molecular formula is C14H18F3N3O3. The first-order chi connectivity index (χ1) is 10.8. The lowest BCUT2D eigenvalue weighted by atomic mass is 10.0. The Balaban J connectivity index is 2.15. The Labute approximate surface area is 130 Å². The molecule has 1 aliphatic rings. The van der Waals surface area contributed by atoms with E-state index in [0.717, 1.165) is 19.0 Å². The number of aliphatic hydroxyl groups excluding tert-OH is 1. The first-order valence-electron chi connectivity index (χ1n) is 7.26. The van der Waals surface area contributed by atoms with E-state index in [1.165, 1.54) is 17.0 Å². The van der Waals surface area contributed by atoms with Crippen LogP contribution in [0.2, 0.25) is 0 Å². The van der Waals surface area contributed by atoms with E-state index >= 15 is 0 Å². The lowest BCUT2D eigenvalue weighted by molar-refractivity contribution is -0.141. The van der Waals surface area contributed by atoms with E-state index in [1.807, 2.05) is 0 Å². The van der Waals surface area contributed by atoms with Crippen molar-refractivity contribution in [2.75, 3.05) is 18.5 Å². The molecule has 1 aromatic heterocycles. The third-order valence-electron chi connectivity index (χ3n) is 3.71. The Bertz CT molecular complexity index is 615. The van der Waals surface area contributed by atoms with Crippen molar-refractivity contribution < 1.29 is 23.1 Å². The minimum Gasteiger partial charge on any atom is -0.394 e. The zero-order valence-corrected chi connectivity index (χ0v) is 12.3. The van der Waals surface area contributed by atoms with Crippen molar-refractivity contribution in [3.8, 4) is 0 Å². The van der Waals surface area contributed by atoms with Gasteiger partial charge in [0.25, 0.3) is 5.56 Å². The summed E-state index contributed by atoms with van der Waals surface area (Å²) in [6.07, 6.45) is -1.20. The molecule has 1 saturated heterocycles. The second-order valence-electron chi connectivity index (χ2n) is 5.43. The summed E-state index contributed by atoms with van der Waals surface area (Å²) in [6, 6.07) is 1.59. The van der Waals surface area contributed by atoms with Crippen LogP contribution in [-0.2, 0) is 6.54 Å². The number of rotatable bonds is 3. The number of hydrogen-bond acceptors (Lipinski definition) is 3. The van der Waals surface area contributed by atoms with Crippen LogP contribution in [0, 0.1) is 0 Å². The van der Waals surface area contributed by atoms with Gasteiger partial charge in [-0.3, -0.25) is 4.79 Å². The van der Waals surface area contributed by atoms with Gasteiger partial charge in [0.05, 0.1) is 12.6 Å². The predicted molar refractivity (Wildman–Crippen MR) is 77.2 cm³/mol. The summed E-state index contributed by atoms with van der Waals surface area (Å²) < 4.78 is 37.8. The molecule has 6 nitrogen and oxygen atoms in total. The van der Waals surface area contributed by atoms with Crippen LogP contribution in [0.15, 0.2) is 23.1 Å². The predicted octanol–water partition coefficient (Wildman–Crippen LogP) is 1.79. The number of nitrogens with zero attached hydrogens (tertiary/aromatic N) is 2. The fourth-order valence-electron chi connectivity index (χ4n) is 2.59. The van der Waals surface area contributed by atoms with Crippen molar-refractivity contribution in [1.82, 2.24) is 9.47 Å². The van der Waals surface area contributed by atoms with E-state index in [2.05, 4.69) is 5.32 Å². The molecule has 1 aliphatic heterocycles. The highest BCUT2D eigenvalue weighted by atomic mass is 19.4. The molecule has 1 atom stereocenters. The van der Waals surface area contributed by atoms with Crippen molar-refractivity contribution in [1.29, 1.82) is 0 Å². The number of carbonyl (C=O) groups excluding carboxylic acids is 1. The van der Waals surface area contributed by atoms with Gasteiger partial charge in [-0.2, -0.15) is 13.2 Å². The highest BCUT2D eigenvalue weighted by Crippen LogP contribution is 2.18. The fraction of sp³-hybridized carbons (Fsp3) is 0.571. The molecular weight excluding hydrogens is 315 g/mol. The van der Waals surface area contributed by atoms with Gasteiger partial charge < -0.3 is 19.9 Å². The molecule has 0 aromatic carbocycles. The van der Waals surface area contributed by atoms with Crippen LogP contribution in [-0.4, -0.2) is 46.0 Å². The van der Waals surface area contributed by atoms with Gasteiger partial charge in [-0.05, 0) is 31.4 Å². The van der Waals surface area contributed by atoms with Gasteiger partial charge in [0.15, 0.2) is 0 Å². The number of piperidine rings is 1. The molecule has 0 saturated carbocycles. The molecule has 1 fully saturated rings. The minimum absolute atomic E-state index is 0.194. The quantitative estimate of drug-likeness (QED) is 0.886. The molecule has 1 aromatic rings. The monoisotopic (exact) mass is 333 g/mol. The Kier molecular flexibility index (Phi) is 5.30. The fourth-order valence-corrected chi connectivity index (χ4v) is 2.59. The molecule has 2 N–H and O–H groups in total. The third kappa shape index (κ3) is 4.47. The molecule has 2 amide bonds. The number of anilines is 1. The Morgan fingerprint density at radius 3 is 2.78 bits per heavy atom. The molecule has 0 radical (unpaired) electrons. The topological polar surface area (TPSA) is 74.6 Å². The maximum absolute atomic E-state index is 12.4. The molecule has 2 rings (SSSR count). The standard InChI is InChI=1S/C14H18F3N3O3/c15-14(16,17)9-19-6-3-5-11(12(19)22)18-13(23)20-7-2-1-4-10(20)8-21/h3,5-6,10,21H,1-2,4,7-9H2,(H,18,23). The molecule has 2 heterocycles. The summed E-state index contributed by atoms with van der Waals surface area (Å²) in [5.74, 6) is 0. The van der Waals surface area contributed by atoms with E-state index in [0.29, 0.717) is 17.5 Å². The lowest BCUT2D eigenvalue weighted by Gasteiger charge is -2.34. The Hall–Kier alpha value is -2.03. The van der Waals surface area contributed by atoms with Gasteiger partial charge in [0, 0.05) is 12.7 Å². The summed E-state index contributed by atoms with van der Waals surface area (Å²) in [6.45, 7) is -1.18. The number of aliphatic hydroxyl groups is 1. The second-order valence-corrected chi connectivity index (χ2v) is 5.43. The smallest absolute Gasteiger partial charge is 0.394 e. The summed E-state index contributed by atoms with van der Waals surface area (Å²) in [5.41, 5.74) is -1.14. The molecule has 9 heteroatoms. The summed E-state index contributed by atoms with van der Waals surface area (Å²) >= 11 is 0. The zero-order valence-electron chi connectivity index (χ0n) is 12.3. The van der Waals surface area contributed by atoms with Crippen molar-refractivity contribution in [3.05, 3.63) is 28.7 Å². The van der Waals surface area contributed by atoms with Gasteiger partial charge >= 0.3 is 12.2 Å². The van der Waals surface area contributed by atoms with Gasteiger partial charge in [0.1, 0.15) is 12.2 Å². The summed E-state index contributed by atoms with van der Waals surface area (Å²) in [5, 5.41) is 11.6. The average molecular weight is 333 g/mol. The molecule has 1 unspecified atom stereocenters. The number of pyridine rings is 1. The lowest BCUT2D eigenvalue weighted by Crippen LogP contribution is -2.48. The van der Waals surface area contributed by atoms with Crippen LogP contribution >= 0.6 is 0 Å². The number of nitrogens with one attached hydrogen (secondary N) is 1. The molecule has 0 bridgehead atoms. The van der Waals surface area contributed by atoms with E-state index < -0.39 is 24.3 Å². The van der Waals surface area contributed by atoms with Gasteiger partial charge in [0.2, 0.25) is 0 Å². The number of hydrogen-bond donors (Lipinski definition) is 2. The van der Waals surface area contributed by atoms with E-state index in [1.54, 1.807) is 0 Å². The van der Waals surface area contributed by atoms with Crippen LogP contribution < -0.4 is 10.9 Å². The number of likely N-dealkylation sites (tertiary alicyclic amines) is 1. The van der Waals surface area contributed by atoms with Gasteiger partial charge in [-0.15, -0.1) is 0 Å². The van der Waals surface area contributed by atoms with Crippen LogP contribution in [0.25, 0.3) is 0 Å². The normalized spacial score (nSPS) is 18.8. The highest BCUT2D eigenvalue weighted by Gasteiger charge is 2.29. The number of carbonyl (C=O) groups is 1. The largest absolute Gasteiger partial charge is 0.406 e. The number of urea groups is 1. The molecule has 0 spiro atoms. The van der Waals surface area contributed by atoms with Crippen molar-refractivity contribution >= 4 is 11.7 Å². The van der Waals surface area contributed by atoms with Crippen LogP contribution in [0.1, 0.15) is 19.3 Å². The SMILES string of the molecule is O=C(Nc1cccn(CC(F)(F)F)c1=O)N1CCCCC1CO. The van der Waals surface area contributed by atoms with Crippen LogP contribution in [0.5, 0.6) is 0 Å². The maximum Gasteiger partial charge on any atom is 0.406 e. The Morgan fingerprint density at radius 1 is 1.39 bits per heavy atom. The summed E-state index contributed by atoms with van der Waals surface area (Å²) in [7, 11) is 0. The first kappa shape index (κ1) is 17.3. The van der Waals surface area contributed by atoms with E-state index in [-0.39, 0.29) is 18.3 Å². The number of aromatic nitrogens is 1. The van der Waals surface area contributed by atoms with Crippen molar-refractivity contribution in [2.45, 2.75) is 38.0 Å². The van der Waals surface area contributed by atoms with Gasteiger partial charge in [-0.25, -0.2) is 4.79 Å². The molecule has 0 aliphatic carbocycles. The minimum atomic E-state index is -4.53. The van der Waals surface area contributed by atoms with Gasteiger partial charge in [-0.1, -0.05) is 0 Å². The second kappa shape index (κ2) is 7.03. The van der Waals surface area contributed by atoms with E-state index in [9.17, 15) is 27.9 Å². The van der Waals surface area contributed by atoms with Crippen molar-refractivity contribution in [2.24, 2.45) is 0 Å². The third-order valence-corrected chi connectivity index (χ3v) is 3.71. The van der Waals surface area contributed by atoms with Crippen LogP contribution in [0.3, 0.4) is 0 Å². The van der Waals surface area contributed by atoms with Crippen LogP contribution in [0.4, 0.5) is 23.7 Å². The number of halogens is 3. The molecule has 23 heavy (non-hydrogen) atoms. The number of amides is 2. The maximum atomic E-state index is 12.4. The van der Waals surface area contributed by atoms with E-state index in [4.69, 9.17) is 0 Å². The first-order valence-corrected chi connectivity index (χ1v) is 7.26. The van der Waals surface area contributed by atoms with Crippen molar-refractivity contribution in [3.63, 3.8) is 0 Å². The molecule has 128 valence electrons. The number of alkyl halides is 3. The summed E-state index contributed by atoms with van der Waals surface area (Å²) in [4.78, 5) is 25.6. The highest BCUT2D eigenvalue weighted by molar-refractivity contribution is 5.89. The Morgan fingerprint density at radius 2 is 2.13 bits per heavy atom.